The Hall–Kier alpha value is -1.69. The first-order valence-corrected chi connectivity index (χ1v) is 9.48. The van der Waals surface area contributed by atoms with Crippen LogP contribution < -0.4 is 0 Å². The highest BCUT2D eigenvalue weighted by Gasteiger charge is 2.80. The van der Waals surface area contributed by atoms with E-state index in [0.29, 0.717) is 24.8 Å². The Balaban J connectivity index is 1.75. The van der Waals surface area contributed by atoms with Crippen molar-refractivity contribution in [1.29, 1.82) is 0 Å². The summed E-state index contributed by atoms with van der Waals surface area (Å²) in [6, 6.07) is 0. The summed E-state index contributed by atoms with van der Waals surface area (Å²) in [6.45, 7) is 8.11. The monoisotopic (exact) mass is 360 g/mol. The van der Waals surface area contributed by atoms with Crippen LogP contribution in [0.4, 0.5) is 0 Å². The average Bonchev–Trinajstić information content (AvgIpc) is 2.98. The van der Waals surface area contributed by atoms with E-state index in [0.717, 1.165) is 6.42 Å². The molecule has 3 saturated carbocycles. The molecule has 0 aromatic rings. The van der Waals surface area contributed by atoms with Crippen LogP contribution in [0.25, 0.3) is 0 Å². The Morgan fingerprint density at radius 2 is 1.88 bits per heavy atom. The molecule has 140 valence electrons. The number of ketones is 1. The molecule has 1 N–H and O–H groups in total. The van der Waals surface area contributed by atoms with E-state index in [1.54, 1.807) is 0 Å². The standard InChI is InChI=1S/C20H24O6/c1-9-10-4-5-11-19-8-25-16(23)13(19)18(2,3)7-6-12(19)26-17(24)20(11,14(9)21)15(10)22/h10-13,15,22H,1,4-8H2,2-3H3/t10-,11+,12-,13+,15+,19-,20-/m0/s1. The van der Waals surface area contributed by atoms with Crippen molar-refractivity contribution in [3.05, 3.63) is 12.2 Å². The van der Waals surface area contributed by atoms with Gasteiger partial charge in [0.1, 0.15) is 12.7 Å². The van der Waals surface area contributed by atoms with Gasteiger partial charge in [-0.15, -0.1) is 0 Å². The Morgan fingerprint density at radius 1 is 1.15 bits per heavy atom. The van der Waals surface area contributed by atoms with Crippen LogP contribution in [-0.2, 0) is 23.9 Å². The van der Waals surface area contributed by atoms with Crippen molar-refractivity contribution in [3.63, 3.8) is 0 Å². The second kappa shape index (κ2) is 4.58. The topological polar surface area (TPSA) is 89.9 Å². The van der Waals surface area contributed by atoms with Gasteiger partial charge < -0.3 is 14.6 Å². The molecule has 0 unspecified atom stereocenters. The summed E-state index contributed by atoms with van der Waals surface area (Å²) < 4.78 is 11.4. The van der Waals surface area contributed by atoms with Gasteiger partial charge in [0.15, 0.2) is 11.2 Å². The smallest absolute Gasteiger partial charge is 0.323 e. The van der Waals surface area contributed by atoms with Crippen LogP contribution in [0.1, 0.15) is 39.5 Å². The molecule has 2 spiro atoms. The van der Waals surface area contributed by atoms with Crippen molar-refractivity contribution in [2.75, 3.05) is 6.61 Å². The minimum Gasteiger partial charge on any atom is -0.465 e. The molecule has 3 aliphatic carbocycles. The maximum absolute atomic E-state index is 13.2. The van der Waals surface area contributed by atoms with Crippen molar-refractivity contribution in [1.82, 2.24) is 0 Å². The Bertz CT molecular complexity index is 768. The fourth-order valence-electron chi connectivity index (χ4n) is 7.14. The van der Waals surface area contributed by atoms with Crippen molar-refractivity contribution in [2.24, 2.45) is 34.0 Å². The number of hydrogen-bond acceptors (Lipinski definition) is 6. The molecule has 0 radical (unpaired) electrons. The highest BCUT2D eigenvalue weighted by molar-refractivity contribution is 6.16. The van der Waals surface area contributed by atoms with Crippen LogP contribution in [-0.4, -0.2) is 41.6 Å². The van der Waals surface area contributed by atoms with E-state index >= 15 is 0 Å². The van der Waals surface area contributed by atoms with E-state index in [1.807, 2.05) is 13.8 Å². The number of carbonyl (C=O) groups is 3. The molecule has 0 aromatic carbocycles. The number of rotatable bonds is 0. The summed E-state index contributed by atoms with van der Waals surface area (Å²) in [6.07, 6.45) is 1.03. The lowest BCUT2D eigenvalue weighted by molar-refractivity contribution is -0.244. The lowest BCUT2D eigenvalue weighted by atomic mass is 9.44. The number of carbonyl (C=O) groups excluding carboxylic acids is 3. The number of Topliss-reactive ketones (excluding diaryl/α,β-unsaturated/α-hetero) is 1. The molecule has 2 heterocycles. The maximum Gasteiger partial charge on any atom is 0.323 e. The number of cyclic esters (lactones) is 1. The second-order valence-electron chi connectivity index (χ2n) is 9.48. The molecule has 26 heavy (non-hydrogen) atoms. The molecule has 2 bridgehead atoms. The molecule has 0 amide bonds. The molecule has 5 rings (SSSR count). The predicted molar refractivity (Wildman–Crippen MR) is 88.6 cm³/mol. The molecular weight excluding hydrogens is 336 g/mol. The summed E-state index contributed by atoms with van der Waals surface area (Å²) in [4.78, 5) is 39.0. The first-order valence-electron chi connectivity index (χ1n) is 9.48. The normalized spacial score (nSPS) is 51.3. The summed E-state index contributed by atoms with van der Waals surface area (Å²) in [5.74, 6) is -2.57. The van der Waals surface area contributed by atoms with Crippen LogP contribution in [0.2, 0.25) is 0 Å². The number of ether oxygens (including phenoxy) is 2. The van der Waals surface area contributed by atoms with Gasteiger partial charge in [-0.05, 0) is 42.6 Å². The SMILES string of the molecule is C=C1C(=O)[C@@]23C(=O)O[C@H]4CCC(C)(C)[C@H]5C(=O)OC[C@]45[C@H]2CC[C@@H]1[C@H]3O. The molecule has 2 aliphatic heterocycles. The molecular formula is C20H24O6. The van der Waals surface area contributed by atoms with E-state index in [2.05, 4.69) is 6.58 Å². The zero-order valence-electron chi connectivity index (χ0n) is 15.1. The summed E-state index contributed by atoms with van der Waals surface area (Å²) >= 11 is 0. The Labute approximate surface area is 151 Å². The maximum atomic E-state index is 13.2. The van der Waals surface area contributed by atoms with Gasteiger partial charge >= 0.3 is 11.9 Å². The van der Waals surface area contributed by atoms with Gasteiger partial charge in [-0.25, -0.2) is 0 Å². The lowest BCUT2D eigenvalue weighted by Crippen LogP contribution is -2.70. The third-order valence-corrected chi connectivity index (χ3v) is 8.18. The van der Waals surface area contributed by atoms with E-state index < -0.39 is 52.5 Å². The Morgan fingerprint density at radius 3 is 2.62 bits per heavy atom. The minimum absolute atomic E-state index is 0.154. The molecule has 7 atom stereocenters. The third kappa shape index (κ3) is 1.46. The van der Waals surface area contributed by atoms with Crippen molar-refractivity contribution in [2.45, 2.75) is 51.7 Å². The molecule has 0 aromatic heterocycles. The van der Waals surface area contributed by atoms with Crippen LogP contribution in [0.5, 0.6) is 0 Å². The zero-order chi connectivity index (χ0) is 18.6. The summed E-state index contributed by atoms with van der Waals surface area (Å²) in [5, 5.41) is 11.0. The Kier molecular flexibility index (Phi) is 2.91. The molecule has 2 saturated heterocycles. The van der Waals surface area contributed by atoms with Gasteiger partial charge in [0, 0.05) is 5.92 Å². The van der Waals surface area contributed by atoms with Crippen molar-refractivity contribution >= 4 is 17.7 Å². The first-order chi connectivity index (χ1) is 12.2. The fraction of sp³-hybridized carbons (Fsp3) is 0.750. The highest BCUT2D eigenvalue weighted by atomic mass is 16.6. The highest BCUT2D eigenvalue weighted by Crippen LogP contribution is 2.70. The molecule has 6 heteroatoms. The first kappa shape index (κ1) is 16.5. The number of fused-ring (bicyclic) bond motifs is 1. The number of hydrogen-bond donors (Lipinski definition) is 1. The van der Waals surface area contributed by atoms with Gasteiger partial charge in [-0.3, -0.25) is 14.4 Å². The van der Waals surface area contributed by atoms with Crippen LogP contribution in [0.3, 0.4) is 0 Å². The molecule has 5 aliphatic rings. The molecule has 6 nitrogen and oxygen atoms in total. The minimum atomic E-state index is -1.61. The summed E-state index contributed by atoms with van der Waals surface area (Å²) in [7, 11) is 0. The van der Waals surface area contributed by atoms with Gasteiger partial charge in [0.05, 0.1) is 17.4 Å². The second-order valence-corrected chi connectivity index (χ2v) is 9.48. The van der Waals surface area contributed by atoms with E-state index in [-0.39, 0.29) is 18.0 Å². The van der Waals surface area contributed by atoms with Gasteiger partial charge in [-0.1, -0.05) is 20.4 Å². The van der Waals surface area contributed by atoms with E-state index in [4.69, 9.17) is 9.47 Å². The number of aliphatic hydroxyl groups is 1. The van der Waals surface area contributed by atoms with Gasteiger partial charge in [-0.2, -0.15) is 0 Å². The quantitative estimate of drug-likeness (QED) is 0.399. The predicted octanol–water partition coefficient (Wildman–Crippen LogP) is 1.40. The van der Waals surface area contributed by atoms with E-state index in [1.165, 1.54) is 0 Å². The average molecular weight is 360 g/mol. The third-order valence-electron chi connectivity index (χ3n) is 8.18. The van der Waals surface area contributed by atoms with Crippen LogP contribution >= 0.6 is 0 Å². The lowest BCUT2D eigenvalue weighted by Gasteiger charge is -2.61. The summed E-state index contributed by atoms with van der Waals surface area (Å²) in [5.41, 5.74) is -2.34. The largest absolute Gasteiger partial charge is 0.465 e. The fourth-order valence-corrected chi connectivity index (χ4v) is 7.14. The van der Waals surface area contributed by atoms with Gasteiger partial charge in [0.2, 0.25) is 0 Å². The number of aliphatic hydroxyl groups excluding tert-OH is 1. The zero-order valence-corrected chi connectivity index (χ0v) is 15.1. The number of esters is 2. The van der Waals surface area contributed by atoms with Crippen molar-refractivity contribution < 1.29 is 29.0 Å². The van der Waals surface area contributed by atoms with Gasteiger partial charge in [0.25, 0.3) is 0 Å². The van der Waals surface area contributed by atoms with Crippen molar-refractivity contribution in [3.8, 4) is 0 Å². The molecule has 5 fully saturated rings. The van der Waals surface area contributed by atoms with Crippen LogP contribution in [0.15, 0.2) is 12.2 Å². The van der Waals surface area contributed by atoms with Crippen LogP contribution in [0, 0.1) is 34.0 Å². The van der Waals surface area contributed by atoms with E-state index in [9.17, 15) is 19.5 Å².